The van der Waals surface area contributed by atoms with Crippen molar-refractivity contribution in [2.75, 3.05) is 35.5 Å². The van der Waals surface area contributed by atoms with E-state index < -0.39 is 0 Å². The Hall–Kier alpha value is -1.78. The van der Waals surface area contributed by atoms with Crippen molar-refractivity contribution in [2.45, 2.75) is 0 Å². The van der Waals surface area contributed by atoms with Crippen molar-refractivity contribution in [2.24, 2.45) is 0 Å². The molecule has 0 amide bonds. The van der Waals surface area contributed by atoms with Gasteiger partial charge in [0.05, 0.1) is 35.5 Å². The fourth-order valence-electron chi connectivity index (χ4n) is 1.45. The third kappa shape index (κ3) is 1.93. The van der Waals surface area contributed by atoms with Gasteiger partial charge in [0, 0.05) is 6.07 Å². The smallest absolute Gasteiger partial charge is 0.211 e. The van der Waals surface area contributed by atoms with Crippen molar-refractivity contribution in [1.29, 1.82) is 0 Å². The van der Waals surface area contributed by atoms with Gasteiger partial charge >= 0.3 is 0 Å². The molecule has 1 aromatic carbocycles. The highest BCUT2D eigenvalue weighted by Crippen LogP contribution is 2.49. The van der Waals surface area contributed by atoms with Gasteiger partial charge in [0.15, 0.2) is 11.5 Å². The van der Waals surface area contributed by atoms with E-state index in [4.69, 9.17) is 23.7 Å². The first-order chi connectivity index (χ1) is 7.73. The predicted molar refractivity (Wildman–Crippen MR) is 59.2 cm³/mol. The number of ether oxygens (including phenoxy) is 5. The summed E-state index contributed by atoms with van der Waals surface area (Å²) in [5.74, 6) is 2.44. The summed E-state index contributed by atoms with van der Waals surface area (Å²) in [4.78, 5) is 0. The monoisotopic (exact) mass is 228 g/mol. The molecule has 0 aliphatic rings. The molecule has 0 atom stereocenters. The molecule has 0 heterocycles. The average Bonchev–Trinajstić information content (AvgIpc) is 2.35. The zero-order valence-corrected chi connectivity index (χ0v) is 10.1. The Morgan fingerprint density at radius 1 is 0.562 bits per heavy atom. The summed E-state index contributed by atoms with van der Waals surface area (Å²) in [5.41, 5.74) is 0. The van der Waals surface area contributed by atoms with Crippen molar-refractivity contribution in [3.63, 3.8) is 0 Å². The summed E-state index contributed by atoms with van der Waals surface area (Å²) >= 11 is 0. The van der Waals surface area contributed by atoms with Crippen LogP contribution in [-0.4, -0.2) is 35.5 Å². The van der Waals surface area contributed by atoms with Crippen molar-refractivity contribution in [3.05, 3.63) is 6.07 Å². The molecule has 90 valence electrons. The van der Waals surface area contributed by atoms with Crippen LogP contribution in [-0.2, 0) is 0 Å². The predicted octanol–water partition coefficient (Wildman–Crippen LogP) is 1.73. The van der Waals surface area contributed by atoms with Crippen LogP contribution in [0.1, 0.15) is 0 Å². The van der Waals surface area contributed by atoms with Crippen LogP contribution in [0.15, 0.2) is 6.07 Å². The molecule has 0 aliphatic heterocycles. The Morgan fingerprint density at radius 3 is 1.19 bits per heavy atom. The Bertz CT molecular complexity index is 332. The van der Waals surface area contributed by atoms with Gasteiger partial charge in [0.25, 0.3) is 0 Å². The van der Waals surface area contributed by atoms with Crippen LogP contribution in [0, 0.1) is 0 Å². The lowest BCUT2D eigenvalue weighted by Crippen LogP contribution is -2.00. The molecule has 0 aliphatic carbocycles. The Kier molecular flexibility index (Phi) is 4.10. The molecule has 5 heteroatoms. The molecule has 1 aromatic rings. The molecule has 0 bridgehead atoms. The minimum absolute atomic E-state index is 0.446. The molecule has 0 fully saturated rings. The third-order valence-corrected chi connectivity index (χ3v) is 2.17. The molecular formula is C11H16O5. The molecule has 0 N–H and O–H groups in total. The van der Waals surface area contributed by atoms with Crippen LogP contribution in [0.3, 0.4) is 0 Å². The van der Waals surface area contributed by atoms with E-state index in [0.29, 0.717) is 28.7 Å². The Morgan fingerprint density at radius 2 is 0.938 bits per heavy atom. The van der Waals surface area contributed by atoms with Gasteiger partial charge in [0.1, 0.15) is 0 Å². The number of benzene rings is 1. The molecule has 0 spiro atoms. The van der Waals surface area contributed by atoms with E-state index >= 15 is 0 Å². The highest BCUT2D eigenvalue weighted by atomic mass is 16.6. The second kappa shape index (κ2) is 5.34. The Labute approximate surface area is 94.8 Å². The maximum atomic E-state index is 5.23. The van der Waals surface area contributed by atoms with Gasteiger partial charge in [-0.15, -0.1) is 0 Å². The number of rotatable bonds is 5. The van der Waals surface area contributed by atoms with E-state index in [-0.39, 0.29) is 0 Å². The molecule has 5 nitrogen and oxygen atoms in total. The molecule has 1 rings (SSSR count). The summed E-state index contributed by atoms with van der Waals surface area (Å²) in [7, 11) is 7.68. The van der Waals surface area contributed by atoms with Crippen LogP contribution >= 0.6 is 0 Å². The lowest BCUT2D eigenvalue weighted by Gasteiger charge is -2.17. The van der Waals surface area contributed by atoms with E-state index in [2.05, 4.69) is 0 Å². The fraction of sp³-hybridized carbons (Fsp3) is 0.455. The van der Waals surface area contributed by atoms with E-state index in [1.165, 1.54) is 21.3 Å². The molecule has 0 saturated carbocycles. The molecule has 16 heavy (non-hydrogen) atoms. The Balaban J connectivity index is 3.47. The minimum atomic E-state index is 0.446. The normalized spacial score (nSPS) is 9.56. The van der Waals surface area contributed by atoms with Crippen molar-refractivity contribution in [1.82, 2.24) is 0 Å². The van der Waals surface area contributed by atoms with Crippen LogP contribution < -0.4 is 23.7 Å². The van der Waals surface area contributed by atoms with E-state index in [0.717, 1.165) is 0 Å². The first-order valence-corrected chi connectivity index (χ1v) is 4.64. The summed E-state index contributed by atoms with van der Waals surface area (Å²) in [6.07, 6.45) is 0. The standard InChI is InChI=1S/C11H16O5/c1-12-7-6-8(13-2)10(15-4)11(16-5)9(7)14-3/h6H,1-5H3. The van der Waals surface area contributed by atoms with Gasteiger partial charge < -0.3 is 23.7 Å². The topological polar surface area (TPSA) is 46.2 Å². The first-order valence-electron chi connectivity index (χ1n) is 4.64. The maximum absolute atomic E-state index is 5.23. The molecular weight excluding hydrogens is 212 g/mol. The van der Waals surface area contributed by atoms with Gasteiger partial charge in [-0.25, -0.2) is 0 Å². The van der Waals surface area contributed by atoms with E-state index in [1.54, 1.807) is 20.3 Å². The zero-order chi connectivity index (χ0) is 12.1. The summed E-state index contributed by atoms with van der Waals surface area (Å²) < 4.78 is 26.0. The quantitative estimate of drug-likeness (QED) is 0.768. The minimum Gasteiger partial charge on any atom is -0.493 e. The SMILES string of the molecule is COc1cc(OC)c(OC)c(OC)c1OC. The lowest BCUT2D eigenvalue weighted by atomic mass is 10.2. The molecule has 0 radical (unpaired) electrons. The van der Waals surface area contributed by atoms with Crippen LogP contribution in [0.4, 0.5) is 0 Å². The highest BCUT2D eigenvalue weighted by Gasteiger charge is 2.21. The third-order valence-electron chi connectivity index (χ3n) is 2.17. The first kappa shape index (κ1) is 12.3. The number of hydrogen-bond acceptors (Lipinski definition) is 5. The van der Waals surface area contributed by atoms with Crippen LogP contribution in [0.25, 0.3) is 0 Å². The average molecular weight is 228 g/mol. The van der Waals surface area contributed by atoms with Crippen LogP contribution in [0.5, 0.6) is 28.7 Å². The second-order valence-corrected chi connectivity index (χ2v) is 2.88. The highest BCUT2D eigenvalue weighted by molar-refractivity contribution is 5.65. The molecule has 0 unspecified atom stereocenters. The zero-order valence-electron chi connectivity index (χ0n) is 10.1. The molecule has 0 aromatic heterocycles. The molecule has 0 saturated heterocycles. The summed E-state index contributed by atoms with van der Waals surface area (Å²) in [6, 6.07) is 1.68. The van der Waals surface area contributed by atoms with Gasteiger partial charge in [-0.3, -0.25) is 0 Å². The van der Waals surface area contributed by atoms with Gasteiger partial charge in [0.2, 0.25) is 17.2 Å². The van der Waals surface area contributed by atoms with Crippen LogP contribution in [0.2, 0.25) is 0 Å². The summed E-state index contributed by atoms with van der Waals surface area (Å²) in [6.45, 7) is 0. The van der Waals surface area contributed by atoms with Gasteiger partial charge in [-0.2, -0.15) is 0 Å². The summed E-state index contributed by atoms with van der Waals surface area (Å²) in [5, 5.41) is 0. The van der Waals surface area contributed by atoms with Crippen molar-refractivity contribution >= 4 is 0 Å². The second-order valence-electron chi connectivity index (χ2n) is 2.88. The van der Waals surface area contributed by atoms with E-state index in [1.807, 2.05) is 0 Å². The largest absolute Gasteiger partial charge is 0.493 e. The van der Waals surface area contributed by atoms with Gasteiger partial charge in [-0.05, 0) is 0 Å². The van der Waals surface area contributed by atoms with Gasteiger partial charge in [-0.1, -0.05) is 0 Å². The fourth-order valence-corrected chi connectivity index (χ4v) is 1.45. The number of methoxy groups -OCH3 is 5. The van der Waals surface area contributed by atoms with Crippen molar-refractivity contribution in [3.8, 4) is 28.7 Å². The maximum Gasteiger partial charge on any atom is 0.211 e. The lowest BCUT2D eigenvalue weighted by molar-refractivity contribution is 0.290. The van der Waals surface area contributed by atoms with E-state index in [9.17, 15) is 0 Å². The van der Waals surface area contributed by atoms with Crippen molar-refractivity contribution < 1.29 is 23.7 Å². The number of hydrogen-bond donors (Lipinski definition) is 0.